The third-order valence-corrected chi connectivity index (χ3v) is 3.33. The molecule has 0 fully saturated rings. The standard InChI is InChI=1S/C13H13BrClN3/c1-9-17-5-4-12(18-9)8-16-7-10-6-11(14)2-3-13(10)15/h2-6,16H,7-8H2,1H3. The van der Waals surface area contributed by atoms with Gasteiger partial charge in [0.2, 0.25) is 0 Å². The second kappa shape index (κ2) is 6.27. The Bertz CT molecular complexity index is 546. The van der Waals surface area contributed by atoms with Crippen LogP contribution >= 0.6 is 27.5 Å². The average molecular weight is 327 g/mol. The van der Waals surface area contributed by atoms with Gasteiger partial charge in [0.05, 0.1) is 5.69 Å². The summed E-state index contributed by atoms with van der Waals surface area (Å²) < 4.78 is 1.03. The molecule has 0 aliphatic carbocycles. The number of hydrogen-bond acceptors (Lipinski definition) is 3. The first kappa shape index (κ1) is 13.5. The molecular formula is C13H13BrClN3. The fourth-order valence-electron chi connectivity index (χ4n) is 1.61. The normalized spacial score (nSPS) is 10.6. The van der Waals surface area contributed by atoms with Crippen molar-refractivity contribution in [3.8, 4) is 0 Å². The third kappa shape index (κ3) is 3.77. The molecule has 0 unspecified atom stereocenters. The fourth-order valence-corrected chi connectivity index (χ4v) is 2.20. The van der Waals surface area contributed by atoms with Crippen molar-refractivity contribution in [2.24, 2.45) is 0 Å². The van der Waals surface area contributed by atoms with Crippen LogP contribution in [-0.4, -0.2) is 9.97 Å². The Morgan fingerprint density at radius 1 is 1.28 bits per heavy atom. The van der Waals surface area contributed by atoms with Gasteiger partial charge in [0.1, 0.15) is 5.82 Å². The second-order valence-electron chi connectivity index (χ2n) is 3.93. The van der Waals surface area contributed by atoms with E-state index in [1.807, 2.05) is 31.2 Å². The molecule has 3 nitrogen and oxygen atoms in total. The van der Waals surface area contributed by atoms with Crippen LogP contribution in [0.15, 0.2) is 34.9 Å². The summed E-state index contributed by atoms with van der Waals surface area (Å²) in [6, 6.07) is 7.74. The minimum Gasteiger partial charge on any atom is -0.307 e. The van der Waals surface area contributed by atoms with Gasteiger partial charge in [-0.2, -0.15) is 0 Å². The van der Waals surface area contributed by atoms with Crippen molar-refractivity contribution >= 4 is 27.5 Å². The van der Waals surface area contributed by atoms with Gasteiger partial charge < -0.3 is 5.32 Å². The molecule has 0 spiro atoms. The quantitative estimate of drug-likeness (QED) is 0.934. The van der Waals surface area contributed by atoms with Crippen molar-refractivity contribution in [2.75, 3.05) is 0 Å². The van der Waals surface area contributed by atoms with E-state index in [-0.39, 0.29) is 0 Å². The van der Waals surface area contributed by atoms with E-state index in [0.29, 0.717) is 13.1 Å². The van der Waals surface area contributed by atoms with E-state index < -0.39 is 0 Å². The fraction of sp³-hybridized carbons (Fsp3) is 0.231. The van der Waals surface area contributed by atoms with E-state index in [1.54, 1.807) is 6.20 Å². The van der Waals surface area contributed by atoms with Gasteiger partial charge in [-0.15, -0.1) is 0 Å². The molecule has 5 heteroatoms. The van der Waals surface area contributed by atoms with Crippen molar-refractivity contribution in [3.63, 3.8) is 0 Å². The van der Waals surface area contributed by atoms with Gasteiger partial charge in [0, 0.05) is 28.8 Å². The number of nitrogens with one attached hydrogen (secondary N) is 1. The van der Waals surface area contributed by atoms with Gasteiger partial charge in [-0.05, 0) is 36.8 Å². The van der Waals surface area contributed by atoms with Crippen molar-refractivity contribution in [1.29, 1.82) is 0 Å². The van der Waals surface area contributed by atoms with Crippen LogP contribution in [0.3, 0.4) is 0 Å². The van der Waals surface area contributed by atoms with Crippen LogP contribution in [-0.2, 0) is 13.1 Å². The predicted molar refractivity (Wildman–Crippen MR) is 76.5 cm³/mol. The summed E-state index contributed by atoms with van der Waals surface area (Å²) in [4.78, 5) is 8.39. The average Bonchev–Trinajstić information content (AvgIpc) is 2.34. The lowest BCUT2D eigenvalue weighted by Gasteiger charge is -2.07. The minimum atomic E-state index is 0.701. The molecule has 0 aliphatic rings. The van der Waals surface area contributed by atoms with Crippen molar-refractivity contribution in [2.45, 2.75) is 20.0 Å². The molecule has 2 aromatic rings. The maximum absolute atomic E-state index is 6.12. The van der Waals surface area contributed by atoms with Crippen LogP contribution < -0.4 is 5.32 Å². The second-order valence-corrected chi connectivity index (χ2v) is 5.26. The number of aryl methyl sites for hydroxylation is 1. The number of nitrogens with zero attached hydrogens (tertiary/aromatic N) is 2. The zero-order valence-corrected chi connectivity index (χ0v) is 12.3. The van der Waals surface area contributed by atoms with Gasteiger partial charge in [0.15, 0.2) is 0 Å². The highest BCUT2D eigenvalue weighted by Gasteiger charge is 2.01. The van der Waals surface area contributed by atoms with Crippen LogP contribution in [0.5, 0.6) is 0 Å². The van der Waals surface area contributed by atoms with E-state index in [2.05, 4.69) is 31.2 Å². The Morgan fingerprint density at radius 3 is 2.89 bits per heavy atom. The highest BCUT2D eigenvalue weighted by molar-refractivity contribution is 9.10. The molecule has 18 heavy (non-hydrogen) atoms. The maximum Gasteiger partial charge on any atom is 0.125 e. The van der Waals surface area contributed by atoms with E-state index in [1.165, 1.54) is 0 Å². The molecule has 1 aromatic carbocycles. The number of hydrogen-bond donors (Lipinski definition) is 1. The molecule has 1 N–H and O–H groups in total. The first-order chi connectivity index (χ1) is 8.65. The highest BCUT2D eigenvalue weighted by atomic mass is 79.9. The number of rotatable bonds is 4. The van der Waals surface area contributed by atoms with Gasteiger partial charge in [-0.3, -0.25) is 0 Å². The molecule has 0 atom stereocenters. The zero-order chi connectivity index (χ0) is 13.0. The predicted octanol–water partition coefficient (Wildman–Crippen LogP) is 3.49. The summed E-state index contributed by atoms with van der Waals surface area (Å²) in [5.74, 6) is 0.787. The summed E-state index contributed by atoms with van der Waals surface area (Å²) in [5, 5.41) is 4.09. The topological polar surface area (TPSA) is 37.8 Å². The lowest BCUT2D eigenvalue weighted by molar-refractivity contribution is 0.675. The summed E-state index contributed by atoms with van der Waals surface area (Å²) >= 11 is 9.55. The Labute approximate surface area is 120 Å². The molecule has 0 bridgehead atoms. The van der Waals surface area contributed by atoms with Gasteiger partial charge in [0.25, 0.3) is 0 Å². The first-order valence-electron chi connectivity index (χ1n) is 5.58. The Balaban J connectivity index is 1.94. The Kier molecular flexibility index (Phi) is 4.69. The van der Waals surface area contributed by atoms with E-state index >= 15 is 0 Å². The first-order valence-corrected chi connectivity index (χ1v) is 6.75. The van der Waals surface area contributed by atoms with E-state index in [4.69, 9.17) is 11.6 Å². The molecule has 2 rings (SSSR count). The summed E-state index contributed by atoms with van der Waals surface area (Å²) in [6.07, 6.45) is 1.77. The smallest absolute Gasteiger partial charge is 0.125 e. The minimum absolute atomic E-state index is 0.701. The molecule has 1 aromatic heterocycles. The van der Waals surface area contributed by atoms with Gasteiger partial charge in [-0.25, -0.2) is 9.97 Å². The number of benzene rings is 1. The van der Waals surface area contributed by atoms with Crippen LogP contribution in [0.25, 0.3) is 0 Å². The summed E-state index contributed by atoms with van der Waals surface area (Å²) in [5.41, 5.74) is 2.05. The largest absolute Gasteiger partial charge is 0.307 e. The van der Waals surface area contributed by atoms with Gasteiger partial charge in [-0.1, -0.05) is 27.5 Å². The van der Waals surface area contributed by atoms with Crippen molar-refractivity contribution in [3.05, 3.63) is 57.0 Å². The van der Waals surface area contributed by atoms with Crippen molar-refractivity contribution in [1.82, 2.24) is 15.3 Å². The van der Waals surface area contributed by atoms with E-state index in [0.717, 1.165) is 26.6 Å². The van der Waals surface area contributed by atoms with Crippen molar-refractivity contribution < 1.29 is 0 Å². The third-order valence-electron chi connectivity index (χ3n) is 2.46. The summed E-state index contributed by atoms with van der Waals surface area (Å²) in [6.45, 7) is 3.29. The van der Waals surface area contributed by atoms with Gasteiger partial charge >= 0.3 is 0 Å². The number of aromatic nitrogens is 2. The SMILES string of the molecule is Cc1nccc(CNCc2cc(Br)ccc2Cl)n1. The lowest BCUT2D eigenvalue weighted by Crippen LogP contribution is -2.14. The zero-order valence-electron chi connectivity index (χ0n) is 9.95. The summed E-state index contributed by atoms with van der Waals surface area (Å²) in [7, 11) is 0. The van der Waals surface area contributed by atoms with Crippen LogP contribution in [0.2, 0.25) is 5.02 Å². The van der Waals surface area contributed by atoms with Crippen LogP contribution in [0.1, 0.15) is 17.1 Å². The lowest BCUT2D eigenvalue weighted by atomic mass is 10.2. The molecule has 0 saturated heterocycles. The highest BCUT2D eigenvalue weighted by Crippen LogP contribution is 2.20. The molecule has 94 valence electrons. The monoisotopic (exact) mass is 325 g/mol. The Hall–Kier alpha value is -0.970. The molecular weight excluding hydrogens is 314 g/mol. The molecule has 0 aliphatic heterocycles. The van der Waals surface area contributed by atoms with Crippen LogP contribution in [0.4, 0.5) is 0 Å². The van der Waals surface area contributed by atoms with E-state index in [9.17, 15) is 0 Å². The Morgan fingerprint density at radius 2 is 2.11 bits per heavy atom. The molecule has 1 heterocycles. The van der Waals surface area contributed by atoms with Crippen LogP contribution in [0, 0.1) is 6.92 Å². The maximum atomic E-state index is 6.12. The number of halogens is 2. The molecule has 0 saturated carbocycles. The molecule has 0 amide bonds. The molecule has 0 radical (unpaired) electrons.